The van der Waals surface area contributed by atoms with Crippen molar-refractivity contribution in [2.75, 3.05) is 0 Å². The molecule has 0 bridgehead atoms. The lowest BCUT2D eigenvalue weighted by Crippen LogP contribution is -2.64. The van der Waals surface area contributed by atoms with Gasteiger partial charge in [-0.1, -0.05) is 19.3 Å². The zero-order chi connectivity index (χ0) is 12.3. The van der Waals surface area contributed by atoms with Gasteiger partial charge in [-0.3, -0.25) is 9.59 Å². The average molecular weight is 222 g/mol. The highest BCUT2D eigenvalue weighted by atomic mass is 16.2. The maximum Gasteiger partial charge on any atom is 0.246 e. The summed E-state index contributed by atoms with van der Waals surface area (Å²) in [5.74, 6) is 2.31. The molecular weight excluding hydrogens is 204 g/mol. The van der Waals surface area contributed by atoms with Crippen LogP contribution in [0.25, 0.3) is 0 Å². The molecule has 2 amide bonds. The molecule has 0 radical (unpaired) electrons. The number of hydrogen-bond acceptors (Lipinski definition) is 2. The van der Waals surface area contributed by atoms with Crippen molar-refractivity contribution < 1.29 is 9.59 Å². The van der Waals surface area contributed by atoms with E-state index in [1.165, 1.54) is 4.90 Å². The molecule has 0 aromatic rings. The van der Waals surface area contributed by atoms with Crippen molar-refractivity contribution in [3.05, 3.63) is 0 Å². The molecule has 3 atom stereocenters. The summed E-state index contributed by atoms with van der Waals surface area (Å²) in [5.41, 5.74) is 0. The quantitative estimate of drug-likeness (QED) is 0.708. The first-order valence-corrected chi connectivity index (χ1v) is 5.61. The summed E-state index contributed by atoms with van der Waals surface area (Å²) in [6, 6.07) is -1.23. The van der Waals surface area contributed by atoms with Gasteiger partial charge in [-0.05, 0) is 20.3 Å². The Bertz CT molecular complexity index is 332. The van der Waals surface area contributed by atoms with Crippen LogP contribution in [-0.4, -0.2) is 34.8 Å². The number of hydrogen-bond donors (Lipinski definition) is 1. The van der Waals surface area contributed by atoms with Crippen LogP contribution in [0, 0.1) is 12.3 Å². The lowest BCUT2D eigenvalue weighted by atomic mass is 10.0. The van der Waals surface area contributed by atoms with E-state index in [2.05, 4.69) is 11.2 Å². The monoisotopic (exact) mass is 222 g/mol. The van der Waals surface area contributed by atoms with Gasteiger partial charge in [0.25, 0.3) is 0 Å². The van der Waals surface area contributed by atoms with E-state index in [1.807, 2.05) is 6.92 Å². The Morgan fingerprint density at radius 3 is 2.69 bits per heavy atom. The highest BCUT2D eigenvalue weighted by molar-refractivity contribution is 5.97. The van der Waals surface area contributed by atoms with E-state index >= 15 is 0 Å². The summed E-state index contributed by atoms with van der Waals surface area (Å²) in [4.78, 5) is 25.3. The fraction of sp³-hybridized carbons (Fsp3) is 0.667. The Morgan fingerprint density at radius 2 is 2.19 bits per heavy atom. The first-order valence-electron chi connectivity index (χ1n) is 5.61. The minimum atomic E-state index is -0.480. The fourth-order valence-electron chi connectivity index (χ4n) is 1.94. The van der Waals surface area contributed by atoms with E-state index in [-0.39, 0.29) is 17.9 Å². The Labute approximate surface area is 96.4 Å². The number of rotatable bonds is 3. The number of terminal acetylenes is 1. The van der Waals surface area contributed by atoms with Crippen molar-refractivity contribution in [2.24, 2.45) is 0 Å². The molecule has 0 aromatic heterocycles. The van der Waals surface area contributed by atoms with Crippen molar-refractivity contribution >= 4 is 11.8 Å². The second kappa shape index (κ2) is 5.02. The fourth-order valence-corrected chi connectivity index (χ4v) is 1.94. The van der Waals surface area contributed by atoms with Gasteiger partial charge in [0, 0.05) is 0 Å². The van der Waals surface area contributed by atoms with E-state index in [4.69, 9.17) is 6.42 Å². The zero-order valence-corrected chi connectivity index (χ0v) is 9.99. The van der Waals surface area contributed by atoms with Gasteiger partial charge in [0.2, 0.25) is 11.8 Å². The molecule has 0 aliphatic carbocycles. The predicted octanol–water partition coefficient (Wildman–Crippen LogP) is 0.524. The Balaban J connectivity index is 2.91. The highest BCUT2D eigenvalue weighted by Gasteiger charge is 2.39. The van der Waals surface area contributed by atoms with E-state index < -0.39 is 12.1 Å². The highest BCUT2D eigenvalue weighted by Crippen LogP contribution is 2.15. The third kappa shape index (κ3) is 2.19. The first kappa shape index (κ1) is 12.6. The molecule has 1 aliphatic rings. The van der Waals surface area contributed by atoms with Crippen LogP contribution in [0.4, 0.5) is 0 Å². The van der Waals surface area contributed by atoms with E-state index in [9.17, 15) is 9.59 Å². The summed E-state index contributed by atoms with van der Waals surface area (Å²) in [7, 11) is 0. The first-order chi connectivity index (χ1) is 7.52. The molecule has 1 saturated heterocycles. The van der Waals surface area contributed by atoms with Crippen molar-refractivity contribution in [1.29, 1.82) is 0 Å². The van der Waals surface area contributed by atoms with Crippen molar-refractivity contribution in [3.8, 4) is 12.3 Å². The summed E-state index contributed by atoms with van der Waals surface area (Å²) < 4.78 is 0. The van der Waals surface area contributed by atoms with Gasteiger partial charge in [-0.15, -0.1) is 6.42 Å². The van der Waals surface area contributed by atoms with Gasteiger partial charge in [0.15, 0.2) is 0 Å². The normalized spacial score (nSPS) is 27.2. The number of nitrogens with one attached hydrogen (secondary N) is 1. The predicted molar refractivity (Wildman–Crippen MR) is 61.4 cm³/mol. The van der Waals surface area contributed by atoms with Gasteiger partial charge in [0.1, 0.15) is 12.1 Å². The molecular formula is C12H18N2O2. The molecule has 1 N–H and O–H groups in total. The third-order valence-electron chi connectivity index (χ3n) is 2.90. The Hall–Kier alpha value is -1.50. The molecule has 88 valence electrons. The van der Waals surface area contributed by atoms with Crippen LogP contribution in [0.2, 0.25) is 0 Å². The molecule has 16 heavy (non-hydrogen) atoms. The molecule has 4 nitrogen and oxygen atoms in total. The van der Waals surface area contributed by atoms with Crippen LogP contribution in [0.3, 0.4) is 0 Å². The van der Waals surface area contributed by atoms with Gasteiger partial charge in [0.05, 0.1) is 6.04 Å². The summed E-state index contributed by atoms with van der Waals surface area (Å²) in [5, 5.41) is 2.73. The number of carbonyl (C=O) groups is 2. The maximum atomic E-state index is 12.1. The van der Waals surface area contributed by atoms with Crippen molar-refractivity contribution in [2.45, 2.75) is 51.7 Å². The largest absolute Gasteiger partial charge is 0.343 e. The lowest BCUT2D eigenvalue weighted by Gasteiger charge is -2.39. The third-order valence-corrected chi connectivity index (χ3v) is 2.90. The van der Waals surface area contributed by atoms with Gasteiger partial charge < -0.3 is 10.2 Å². The smallest absolute Gasteiger partial charge is 0.246 e. The summed E-state index contributed by atoms with van der Waals surface area (Å²) in [6.45, 7) is 5.44. The van der Waals surface area contributed by atoms with Crippen LogP contribution in [-0.2, 0) is 9.59 Å². The molecule has 1 rings (SSSR count). The Morgan fingerprint density at radius 1 is 1.56 bits per heavy atom. The maximum absolute atomic E-state index is 12.1. The second-order valence-electron chi connectivity index (χ2n) is 4.11. The minimum Gasteiger partial charge on any atom is -0.343 e. The van der Waals surface area contributed by atoms with Crippen LogP contribution < -0.4 is 5.32 Å². The average Bonchev–Trinajstić information content (AvgIpc) is 2.26. The second-order valence-corrected chi connectivity index (χ2v) is 4.11. The molecule has 0 saturated carbocycles. The van der Waals surface area contributed by atoms with E-state index in [1.54, 1.807) is 13.8 Å². The van der Waals surface area contributed by atoms with Gasteiger partial charge >= 0.3 is 0 Å². The molecule has 4 heteroatoms. The molecule has 1 heterocycles. The molecule has 0 aromatic carbocycles. The van der Waals surface area contributed by atoms with Crippen molar-refractivity contribution in [1.82, 2.24) is 10.2 Å². The minimum absolute atomic E-state index is 0.0700. The van der Waals surface area contributed by atoms with Gasteiger partial charge in [-0.25, -0.2) is 0 Å². The molecule has 0 spiro atoms. The lowest BCUT2D eigenvalue weighted by molar-refractivity contribution is -0.150. The Kier molecular flexibility index (Phi) is 3.94. The molecule has 3 unspecified atom stereocenters. The number of carbonyl (C=O) groups excluding carboxylic acids is 2. The van der Waals surface area contributed by atoms with Crippen LogP contribution in [0.5, 0.6) is 0 Å². The zero-order valence-electron chi connectivity index (χ0n) is 9.99. The summed E-state index contributed by atoms with van der Waals surface area (Å²) in [6.07, 6.45) is 6.82. The molecule has 1 fully saturated rings. The van der Waals surface area contributed by atoms with E-state index in [0.29, 0.717) is 6.42 Å². The number of amides is 2. The van der Waals surface area contributed by atoms with Crippen molar-refractivity contribution in [3.63, 3.8) is 0 Å². The van der Waals surface area contributed by atoms with Gasteiger partial charge in [-0.2, -0.15) is 0 Å². The summed E-state index contributed by atoms with van der Waals surface area (Å²) >= 11 is 0. The topological polar surface area (TPSA) is 49.4 Å². The SMILES string of the molecule is C#CC(C)N1C(=O)C(CCC)NC(=O)C1C. The van der Waals surface area contributed by atoms with Crippen LogP contribution in [0.15, 0.2) is 0 Å². The molecule has 1 aliphatic heterocycles. The standard InChI is InChI=1S/C12H18N2O2/c1-5-7-10-12(16)14(8(3)6-2)9(4)11(15)13-10/h2,8-10H,5,7H2,1,3-4H3,(H,13,15). The number of piperazine rings is 1. The van der Waals surface area contributed by atoms with E-state index in [0.717, 1.165) is 6.42 Å². The number of nitrogens with zero attached hydrogens (tertiary/aromatic N) is 1. The van der Waals surface area contributed by atoms with Crippen LogP contribution in [0.1, 0.15) is 33.6 Å². The van der Waals surface area contributed by atoms with Crippen LogP contribution >= 0.6 is 0 Å².